The summed E-state index contributed by atoms with van der Waals surface area (Å²) in [6.07, 6.45) is -0.291. The van der Waals surface area contributed by atoms with E-state index < -0.39 is 5.60 Å². The van der Waals surface area contributed by atoms with E-state index in [1.165, 1.54) is 0 Å². The molecule has 0 bridgehead atoms. The highest BCUT2D eigenvalue weighted by Crippen LogP contribution is 2.31. The minimum atomic E-state index is -0.471. The molecule has 1 aromatic carbocycles. The maximum absolute atomic E-state index is 11.8. The number of hydrogen-bond donors (Lipinski definition) is 1. The number of halogens is 2. The van der Waals surface area contributed by atoms with E-state index in [1.54, 1.807) is 23.1 Å². The third kappa shape index (κ3) is 3.70. The molecule has 1 heterocycles. The molecule has 0 atom stereocenters. The lowest BCUT2D eigenvalue weighted by Crippen LogP contribution is -2.58. The number of carbonyl (C=O) groups excluding carboxylic acids is 1. The minimum Gasteiger partial charge on any atom is -0.444 e. The van der Waals surface area contributed by atoms with E-state index in [2.05, 4.69) is 5.32 Å². The lowest BCUT2D eigenvalue weighted by atomic mass is 10.1. The summed E-state index contributed by atoms with van der Waals surface area (Å²) in [6, 6.07) is 5.49. The second kappa shape index (κ2) is 5.70. The predicted octanol–water partition coefficient (Wildman–Crippen LogP) is 4.02. The molecular formula is C14H18Cl2N2O2. The van der Waals surface area contributed by atoms with E-state index in [0.29, 0.717) is 28.8 Å². The zero-order chi connectivity index (χ0) is 14.9. The molecule has 1 fully saturated rings. The summed E-state index contributed by atoms with van der Waals surface area (Å²) in [4.78, 5) is 13.4. The molecule has 0 aromatic heterocycles. The normalized spacial score (nSPS) is 15.8. The maximum Gasteiger partial charge on any atom is 0.410 e. The summed E-state index contributed by atoms with van der Waals surface area (Å²) < 4.78 is 5.29. The quantitative estimate of drug-likeness (QED) is 0.895. The molecule has 0 unspecified atom stereocenters. The van der Waals surface area contributed by atoms with Crippen molar-refractivity contribution in [3.8, 4) is 0 Å². The lowest BCUT2D eigenvalue weighted by molar-refractivity contribution is 0.0105. The molecule has 0 radical (unpaired) electrons. The van der Waals surface area contributed by atoms with E-state index in [0.717, 1.165) is 0 Å². The van der Waals surface area contributed by atoms with Crippen LogP contribution in [0, 0.1) is 0 Å². The molecule has 2 rings (SSSR count). The van der Waals surface area contributed by atoms with Gasteiger partial charge in [0.25, 0.3) is 0 Å². The highest BCUT2D eigenvalue weighted by atomic mass is 35.5. The van der Waals surface area contributed by atoms with Gasteiger partial charge in [-0.05, 0) is 32.9 Å². The van der Waals surface area contributed by atoms with Gasteiger partial charge in [0.1, 0.15) is 5.60 Å². The Morgan fingerprint density at radius 3 is 2.35 bits per heavy atom. The summed E-state index contributed by atoms with van der Waals surface area (Å²) in [7, 11) is 0. The average Bonchev–Trinajstić information content (AvgIpc) is 2.23. The number of likely N-dealkylation sites (tertiary alicyclic amines) is 1. The zero-order valence-electron chi connectivity index (χ0n) is 11.7. The van der Waals surface area contributed by atoms with Crippen LogP contribution in [-0.2, 0) is 4.74 Å². The number of nitrogens with zero attached hydrogens (tertiary/aromatic N) is 1. The van der Waals surface area contributed by atoms with Crippen LogP contribution >= 0.6 is 23.2 Å². The van der Waals surface area contributed by atoms with Crippen molar-refractivity contribution in [3.05, 3.63) is 28.2 Å². The minimum absolute atomic E-state index is 0.139. The van der Waals surface area contributed by atoms with Gasteiger partial charge in [0.05, 0.1) is 21.8 Å². The lowest BCUT2D eigenvalue weighted by Gasteiger charge is -2.40. The first-order chi connectivity index (χ1) is 9.26. The van der Waals surface area contributed by atoms with Crippen LogP contribution in [0.1, 0.15) is 20.8 Å². The van der Waals surface area contributed by atoms with Crippen LogP contribution in [0.2, 0.25) is 10.0 Å². The van der Waals surface area contributed by atoms with E-state index in [9.17, 15) is 4.79 Å². The number of amides is 1. The van der Waals surface area contributed by atoms with Crippen LogP contribution in [0.4, 0.5) is 10.5 Å². The molecule has 110 valence electrons. The molecule has 1 N–H and O–H groups in total. The smallest absolute Gasteiger partial charge is 0.410 e. The molecule has 1 aliphatic rings. The van der Waals surface area contributed by atoms with Gasteiger partial charge in [-0.1, -0.05) is 29.3 Å². The maximum atomic E-state index is 11.8. The van der Waals surface area contributed by atoms with Gasteiger partial charge in [0, 0.05) is 13.1 Å². The zero-order valence-corrected chi connectivity index (χ0v) is 13.3. The van der Waals surface area contributed by atoms with E-state index in [1.807, 2.05) is 20.8 Å². The van der Waals surface area contributed by atoms with Gasteiger partial charge in [-0.15, -0.1) is 0 Å². The van der Waals surface area contributed by atoms with Crippen LogP contribution < -0.4 is 5.32 Å². The first-order valence-electron chi connectivity index (χ1n) is 6.45. The van der Waals surface area contributed by atoms with Crippen molar-refractivity contribution in [3.63, 3.8) is 0 Å². The van der Waals surface area contributed by atoms with Crippen LogP contribution in [0.25, 0.3) is 0 Å². The van der Waals surface area contributed by atoms with Crippen molar-refractivity contribution in [2.45, 2.75) is 32.4 Å². The van der Waals surface area contributed by atoms with E-state index >= 15 is 0 Å². The third-order valence-corrected chi connectivity index (χ3v) is 3.47. The van der Waals surface area contributed by atoms with E-state index in [-0.39, 0.29) is 12.1 Å². The molecule has 1 amide bonds. The van der Waals surface area contributed by atoms with Gasteiger partial charge in [0.2, 0.25) is 0 Å². The molecule has 4 nitrogen and oxygen atoms in total. The summed E-state index contributed by atoms with van der Waals surface area (Å²) in [5, 5.41) is 4.40. The van der Waals surface area contributed by atoms with Gasteiger partial charge in [-0.2, -0.15) is 0 Å². The fourth-order valence-electron chi connectivity index (χ4n) is 1.89. The molecular weight excluding hydrogens is 299 g/mol. The SMILES string of the molecule is CC(C)(C)OC(=O)N1CC(Nc2c(Cl)cccc2Cl)C1. The fourth-order valence-corrected chi connectivity index (χ4v) is 2.39. The number of nitrogens with one attached hydrogen (secondary N) is 1. The summed E-state index contributed by atoms with van der Waals surface area (Å²) in [5.74, 6) is 0. The Hall–Kier alpha value is -1.13. The largest absolute Gasteiger partial charge is 0.444 e. The van der Waals surface area contributed by atoms with Crippen molar-refractivity contribution in [2.75, 3.05) is 18.4 Å². The van der Waals surface area contributed by atoms with Crippen LogP contribution in [0.5, 0.6) is 0 Å². The average molecular weight is 317 g/mol. The topological polar surface area (TPSA) is 41.6 Å². The Morgan fingerprint density at radius 2 is 1.85 bits per heavy atom. The Kier molecular flexibility index (Phi) is 4.35. The number of hydrogen-bond acceptors (Lipinski definition) is 3. The number of ether oxygens (including phenoxy) is 1. The summed E-state index contributed by atoms with van der Waals surface area (Å²) in [5.41, 5.74) is 0.242. The van der Waals surface area contributed by atoms with Crippen LogP contribution in [0.15, 0.2) is 18.2 Å². The van der Waals surface area contributed by atoms with Gasteiger partial charge >= 0.3 is 6.09 Å². The van der Waals surface area contributed by atoms with Crippen LogP contribution in [0.3, 0.4) is 0 Å². The molecule has 1 saturated heterocycles. The standard InChI is InChI=1S/C14H18Cl2N2O2/c1-14(2,3)20-13(19)18-7-9(8-18)17-12-10(15)5-4-6-11(12)16/h4-6,9,17H,7-8H2,1-3H3. The van der Waals surface area contributed by atoms with Crippen molar-refractivity contribution < 1.29 is 9.53 Å². The highest BCUT2D eigenvalue weighted by Gasteiger charge is 2.34. The molecule has 0 aliphatic carbocycles. The molecule has 6 heteroatoms. The first-order valence-corrected chi connectivity index (χ1v) is 7.20. The van der Waals surface area contributed by atoms with Crippen molar-refractivity contribution in [2.24, 2.45) is 0 Å². The van der Waals surface area contributed by atoms with Crippen LogP contribution in [-0.4, -0.2) is 35.7 Å². The molecule has 0 saturated carbocycles. The van der Waals surface area contributed by atoms with E-state index in [4.69, 9.17) is 27.9 Å². The number of para-hydroxylation sites is 1. The molecule has 0 spiro atoms. The molecule has 1 aliphatic heterocycles. The van der Waals surface area contributed by atoms with Gasteiger partial charge < -0.3 is 15.0 Å². The highest BCUT2D eigenvalue weighted by molar-refractivity contribution is 6.39. The van der Waals surface area contributed by atoms with Crippen molar-refractivity contribution in [1.29, 1.82) is 0 Å². The number of carbonyl (C=O) groups is 1. The Bertz CT molecular complexity index is 488. The Morgan fingerprint density at radius 1 is 1.30 bits per heavy atom. The molecule has 20 heavy (non-hydrogen) atoms. The Balaban J connectivity index is 1.87. The van der Waals surface area contributed by atoms with Crippen molar-refractivity contribution >= 4 is 35.0 Å². The monoisotopic (exact) mass is 316 g/mol. The summed E-state index contributed by atoms with van der Waals surface area (Å²) in [6.45, 7) is 6.71. The third-order valence-electron chi connectivity index (χ3n) is 2.84. The van der Waals surface area contributed by atoms with Crippen molar-refractivity contribution in [1.82, 2.24) is 4.90 Å². The predicted molar refractivity (Wildman–Crippen MR) is 81.7 cm³/mol. The second-order valence-corrected chi connectivity index (χ2v) is 6.64. The fraction of sp³-hybridized carbons (Fsp3) is 0.500. The first kappa shape index (κ1) is 15.3. The van der Waals surface area contributed by atoms with Gasteiger partial charge in [-0.3, -0.25) is 0 Å². The second-order valence-electron chi connectivity index (χ2n) is 5.82. The molecule has 1 aromatic rings. The number of rotatable bonds is 2. The Labute approximate surface area is 129 Å². The van der Waals surface area contributed by atoms with Gasteiger partial charge in [0.15, 0.2) is 0 Å². The van der Waals surface area contributed by atoms with Gasteiger partial charge in [-0.25, -0.2) is 4.79 Å². The summed E-state index contributed by atoms with van der Waals surface area (Å²) >= 11 is 12.2. The number of benzene rings is 1. The number of anilines is 1.